The molecule has 0 radical (unpaired) electrons. The summed E-state index contributed by atoms with van der Waals surface area (Å²) in [6.45, 7) is 0.866. The topological polar surface area (TPSA) is 47.6 Å². The summed E-state index contributed by atoms with van der Waals surface area (Å²) in [7, 11) is 1.58. The molecule has 21 heavy (non-hydrogen) atoms. The summed E-state index contributed by atoms with van der Waals surface area (Å²) in [5.41, 5.74) is 0.572. The summed E-state index contributed by atoms with van der Waals surface area (Å²) in [5.74, 6) is 1.34. The predicted octanol–water partition coefficient (Wildman–Crippen LogP) is 3.27. The molecule has 0 fully saturated rings. The lowest BCUT2D eigenvalue weighted by atomic mass is 10.2. The average molecular weight is 350 g/mol. The quantitative estimate of drug-likeness (QED) is 0.814. The van der Waals surface area contributed by atoms with E-state index >= 15 is 0 Å². The molecular weight excluding hydrogens is 334 g/mol. The van der Waals surface area contributed by atoms with Crippen molar-refractivity contribution in [3.63, 3.8) is 0 Å². The third kappa shape index (κ3) is 4.49. The van der Waals surface area contributed by atoms with Crippen LogP contribution in [-0.4, -0.2) is 26.2 Å². The second-order valence-corrected chi connectivity index (χ2v) is 5.12. The van der Waals surface area contributed by atoms with Crippen LogP contribution >= 0.6 is 15.9 Å². The van der Waals surface area contributed by atoms with Crippen molar-refractivity contribution in [2.75, 3.05) is 20.3 Å². The fourth-order valence-corrected chi connectivity index (χ4v) is 2.30. The van der Waals surface area contributed by atoms with Crippen LogP contribution in [0.2, 0.25) is 0 Å². The Labute approximate surface area is 132 Å². The van der Waals surface area contributed by atoms with E-state index in [2.05, 4.69) is 21.2 Å². The van der Waals surface area contributed by atoms with Gasteiger partial charge >= 0.3 is 0 Å². The van der Waals surface area contributed by atoms with E-state index in [0.29, 0.717) is 24.5 Å². The molecule has 0 saturated heterocycles. The molecule has 0 aliphatic rings. The minimum absolute atomic E-state index is 0.144. The molecular formula is C16H16BrNO3. The number of halogens is 1. The Hall–Kier alpha value is -2.01. The Morgan fingerprint density at radius 3 is 2.62 bits per heavy atom. The number of ether oxygens (including phenoxy) is 2. The molecule has 2 rings (SSSR count). The number of para-hydroxylation sites is 1. The van der Waals surface area contributed by atoms with Crippen molar-refractivity contribution in [2.45, 2.75) is 0 Å². The zero-order valence-corrected chi connectivity index (χ0v) is 13.2. The average Bonchev–Trinajstić information content (AvgIpc) is 2.52. The Kier molecular flexibility index (Phi) is 5.63. The Morgan fingerprint density at radius 2 is 1.95 bits per heavy atom. The molecule has 2 aromatic rings. The molecule has 110 valence electrons. The van der Waals surface area contributed by atoms with E-state index < -0.39 is 0 Å². The van der Waals surface area contributed by atoms with Crippen molar-refractivity contribution >= 4 is 21.8 Å². The van der Waals surface area contributed by atoms with Crippen molar-refractivity contribution in [3.8, 4) is 11.5 Å². The fraction of sp³-hybridized carbons (Fsp3) is 0.188. The van der Waals surface area contributed by atoms with Gasteiger partial charge in [0.05, 0.1) is 18.1 Å². The maximum atomic E-state index is 12.0. The molecule has 0 bridgehead atoms. The van der Waals surface area contributed by atoms with Gasteiger partial charge in [-0.3, -0.25) is 4.79 Å². The number of benzene rings is 2. The molecule has 0 heterocycles. The van der Waals surface area contributed by atoms with Gasteiger partial charge in [0.1, 0.15) is 18.1 Å². The maximum absolute atomic E-state index is 12.0. The zero-order chi connectivity index (χ0) is 15.1. The van der Waals surface area contributed by atoms with Crippen molar-refractivity contribution in [1.29, 1.82) is 0 Å². The van der Waals surface area contributed by atoms with Crippen LogP contribution in [0, 0.1) is 0 Å². The molecule has 4 nitrogen and oxygen atoms in total. The van der Waals surface area contributed by atoms with Crippen molar-refractivity contribution in [1.82, 2.24) is 5.32 Å². The van der Waals surface area contributed by atoms with Crippen LogP contribution in [0.1, 0.15) is 10.4 Å². The molecule has 0 unspecified atom stereocenters. The van der Waals surface area contributed by atoms with E-state index in [0.717, 1.165) is 10.2 Å². The van der Waals surface area contributed by atoms with E-state index in [1.807, 2.05) is 30.3 Å². The number of carbonyl (C=O) groups excluding carboxylic acids is 1. The minimum atomic E-state index is -0.144. The molecule has 1 N–H and O–H groups in total. The number of carbonyl (C=O) groups is 1. The summed E-state index contributed by atoms with van der Waals surface area (Å²) >= 11 is 3.36. The number of rotatable bonds is 6. The summed E-state index contributed by atoms with van der Waals surface area (Å²) in [6.07, 6.45) is 0. The van der Waals surface area contributed by atoms with E-state index in [1.54, 1.807) is 25.3 Å². The summed E-state index contributed by atoms with van der Waals surface area (Å²) < 4.78 is 11.4. The van der Waals surface area contributed by atoms with E-state index in [1.165, 1.54) is 0 Å². The van der Waals surface area contributed by atoms with Gasteiger partial charge in [-0.25, -0.2) is 0 Å². The highest BCUT2D eigenvalue weighted by molar-refractivity contribution is 9.10. The van der Waals surface area contributed by atoms with Crippen LogP contribution in [0.15, 0.2) is 53.0 Å². The minimum Gasteiger partial charge on any atom is -0.496 e. The highest BCUT2D eigenvalue weighted by Gasteiger charge is 2.08. The van der Waals surface area contributed by atoms with Gasteiger partial charge < -0.3 is 14.8 Å². The Balaban J connectivity index is 1.80. The van der Waals surface area contributed by atoms with Gasteiger partial charge in [0.2, 0.25) is 0 Å². The smallest absolute Gasteiger partial charge is 0.251 e. The number of nitrogens with one attached hydrogen (secondary N) is 1. The van der Waals surface area contributed by atoms with Crippen LogP contribution < -0.4 is 14.8 Å². The molecule has 0 saturated carbocycles. The van der Waals surface area contributed by atoms with Gasteiger partial charge in [-0.05, 0) is 46.3 Å². The Bertz CT molecular complexity index is 602. The zero-order valence-electron chi connectivity index (χ0n) is 11.6. The molecule has 1 amide bonds. The molecule has 2 aromatic carbocycles. The van der Waals surface area contributed by atoms with E-state index in [-0.39, 0.29) is 5.91 Å². The number of methoxy groups -OCH3 is 1. The van der Waals surface area contributed by atoms with Gasteiger partial charge in [0.15, 0.2) is 0 Å². The largest absolute Gasteiger partial charge is 0.496 e. The van der Waals surface area contributed by atoms with Gasteiger partial charge in [-0.1, -0.05) is 18.2 Å². The normalized spacial score (nSPS) is 10.0. The SMILES string of the molecule is COc1ccc(C(=O)NCCOc2ccccc2)cc1Br. The first-order valence-corrected chi connectivity index (χ1v) is 7.29. The molecule has 0 aromatic heterocycles. The number of hydrogen-bond acceptors (Lipinski definition) is 3. The first kappa shape index (κ1) is 15.4. The van der Waals surface area contributed by atoms with Gasteiger partial charge in [0, 0.05) is 5.56 Å². The van der Waals surface area contributed by atoms with Gasteiger partial charge in [-0.15, -0.1) is 0 Å². The molecule has 0 aliphatic carbocycles. The lowest BCUT2D eigenvalue weighted by Crippen LogP contribution is -2.28. The third-order valence-corrected chi connectivity index (χ3v) is 3.43. The van der Waals surface area contributed by atoms with Crippen LogP contribution in [0.25, 0.3) is 0 Å². The molecule has 0 aliphatic heterocycles. The predicted molar refractivity (Wildman–Crippen MR) is 85.0 cm³/mol. The first-order chi connectivity index (χ1) is 10.2. The lowest BCUT2D eigenvalue weighted by molar-refractivity contribution is 0.0947. The lowest BCUT2D eigenvalue weighted by Gasteiger charge is -2.09. The molecule has 0 atom stereocenters. The molecule has 5 heteroatoms. The van der Waals surface area contributed by atoms with Crippen molar-refractivity contribution < 1.29 is 14.3 Å². The highest BCUT2D eigenvalue weighted by Crippen LogP contribution is 2.25. The van der Waals surface area contributed by atoms with E-state index in [4.69, 9.17) is 9.47 Å². The second-order valence-electron chi connectivity index (χ2n) is 4.27. The maximum Gasteiger partial charge on any atom is 0.251 e. The number of amides is 1. The summed E-state index contributed by atoms with van der Waals surface area (Å²) in [5, 5.41) is 2.81. The monoisotopic (exact) mass is 349 g/mol. The standard InChI is InChI=1S/C16H16BrNO3/c1-20-15-8-7-12(11-14(15)17)16(19)18-9-10-21-13-5-3-2-4-6-13/h2-8,11H,9-10H2,1H3,(H,18,19). The van der Waals surface area contributed by atoms with Gasteiger partial charge in [0.25, 0.3) is 5.91 Å². The van der Waals surface area contributed by atoms with Crippen LogP contribution in [0.5, 0.6) is 11.5 Å². The van der Waals surface area contributed by atoms with Crippen LogP contribution in [0.4, 0.5) is 0 Å². The first-order valence-electron chi connectivity index (χ1n) is 6.50. The second kappa shape index (κ2) is 7.69. The highest BCUT2D eigenvalue weighted by atomic mass is 79.9. The van der Waals surface area contributed by atoms with Crippen LogP contribution in [-0.2, 0) is 0 Å². The van der Waals surface area contributed by atoms with Gasteiger partial charge in [-0.2, -0.15) is 0 Å². The molecule has 0 spiro atoms. The third-order valence-electron chi connectivity index (χ3n) is 2.81. The van der Waals surface area contributed by atoms with Crippen LogP contribution in [0.3, 0.4) is 0 Å². The van der Waals surface area contributed by atoms with Crippen molar-refractivity contribution in [2.24, 2.45) is 0 Å². The Morgan fingerprint density at radius 1 is 1.19 bits per heavy atom. The summed E-state index contributed by atoms with van der Waals surface area (Å²) in [4.78, 5) is 12.0. The summed E-state index contributed by atoms with van der Waals surface area (Å²) in [6, 6.07) is 14.7. The van der Waals surface area contributed by atoms with E-state index in [9.17, 15) is 4.79 Å². The number of hydrogen-bond donors (Lipinski definition) is 1. The van der Waals surface area contributed by atoms with Crippen molar-refractivity contribution in [3.05, 3.63) is 58.6 Å². The fourth-order valence-electron chi connectivity index (χ4n) is 1.76.